The molecule has 144 valence electrons. The van der Waals surface area contributed by atoms with Crippen LogP contribution in [0.15, 0.2) is 36.4 Å². The maximum atomic E-state index is 13.6. The fraction of sp³-hybridized carbons (Fsp3) is 0.474. The molecule has 0 spiro atoms. The predicted octanol–water partition coefficient (Wildman–Crippen LogP) is 3.65. The molecule has 0 bridgehead atoms. The fourth-order valence-electron chi connectivity index (χ4n) is 3.73. The lowest BCUT2D eigenvalue weighted by atomic mass is 9.78. The number of hydrogen-bond acceptors (Lipinski definition) is 3. The van der Waals surface area contributed by atoms with E-state index in [0.29, 0.717) is 24.3 Å². The van der Waals surface area contributed by atoms with E-state index in [2.05, 4.69) is 5.10 Å². The highest BCUT2D eigenvalue weighted by atomic mass is 19.4. The van der Waals surface area contributed by atoms with Gasteiger partial charge in [0.05, 0.1) is 6.54 Å². The molecular weight excluding hydrogens is 359 g/mol. The van der Waals surface area contributed by atoms with E-state index in [9.17, 15) is 18.0 Å². The van der Waals surface area contributed by atoms with Gasteiger partial charge in [-0.3, -0.25) is 9.48 Å². The minimum Gasteiger partial charge on any atom is -0.487 e. The molecule has 1 aromatic heterocycles. The standard InChI is InChI=1S/C19H20F3N3O2/c20-19(21,22)17(13-5-4-6-13)24-9-10-25-16(18(24)26)11-14(23-25)12-27-15-7-2-1-3-8-15/h1-3,7-8,11,13,17H,4-6,9-10,12H2. The summed E-state index contributed by atoms with van der Waals surface area (Å²) in [6, 6.07) is 8.98. The highest BCUT2D eigenvalue weighted by Crippen LogP contribution is 2.41. The second-order valence-electron chi connectivity index (χ2n) is 7.02. The largest absolute Gasteiger partial charge is 0.487 e. The van der Waals surface area contributed by atoms with Crippen LogP contribution in [-0.4, -0.2) is 39.4 Å². The van der Waals surface area contributed by atoms with Gasteiger partial charge in [-0.2, -0.15) is 18.3 Å². The highest BCUT2D eigenvalue weighted by molar-refractivity contribution is 5.93. The number of carbonyl (C=O) groups is 1. The summed E-state index contributed by atoms with van der Waals surface area (Å²) in [5, 5.41) is 4.31. The maximum Gasteiger partial charge on any atom is 0.409 e. The van der Waals surface area contributed by atoms with Crippen LogP contribution in [0.4, 0.5) is 13.2 Å². The minimum absolute atomic E-state index is 0.0210. The van der Waals surface area contributed by atoms with E-state index in [1.807, 2.05) is 18.2 Å². The van der Waals surface area contributed by atoms with Gasteiger partial charge in [-0.05, 0) is 37.0 Å². The topological polar surface area (TPSA) is 47.4 Å². The summed E-state index contributed by atoms with van der Waals surface area (Å²) in [6.45, 7) is 0.432. The summed E-state index contributed by atoms with van der Waals surface area (Å²) in [7, 11) is 0. The molecule has 1 aliphatic carbocycles. The number of alkyl halides is 3. The van der Waals surface area contributed by atoms with Gasteiger partial charge in [0.1, 0.15) is 29.8 Å². The summed E-state index contributed by atoms with van der Waals surface area (Å²) in [5.74, 6) is -0.434. The van der Waals surface area contributed by atoms with Crippen LogP contribution in [0.5, 0.6) is 5.75 Å². The van der Waals surface area contributed by atoms with Crippen molar-refractivity contribution in [1.82, 2.24) is 14.7 Å². The van der Waals surface area contributed by atoms with Crippen LogP contribution in [0.25, 0.3) is 0 Å². The predicted molar refractivity (Wildman–Crippen MR) is 91.2 cm³/mol. The molecule has 1 aromatic carbocycles. The number of rotatable bonds is 5. The number of hydrogen-bond donors (Lipinski definition) is 0. The van der Waals surface area contributed by atoms with Crippen molar-refractivity contribution in [2.75, 3.05) is 6.54 Å². The number of amides is 1. The Hall–Kier alpha value is -2.51. The summed E-state index contributed by atoms with van der Waals surface area (Å²) < 4.78 is 47.9. The first-order chi connectivity index (χ1) is 12.9. The van der Waals surface area contributed by atoms with Gasteiger partial charge in [0, 0.05) is 6.54 Å². The van der Waals surface area contributed by atoms with Crippen molar-refractivity contribution in [2.24, 2.45) is 5.92 Å². The van der Waals surface area contributed by atoms with Crippen LogP contribution in [-0.2, 0) is 13.2 Å². The normalized spacial score (nSPS) is 18.8. The van der Waals surface area contributed by atoms with Crippen LogP contribution < -0.4 is 4.74 Å². The molecule has 2 aromatic rings. The molecule has 1 aliphatic heterocycles. The third-order valence-electron chi connectivity index (χ3n) is 5.26. The van der Waals surface area contributed by atoms with Crippen molar-refractivity contribution in [3.8, 4) is 5.75 Å². The molecule has 1 unspecified atom stereocenters. The van der Waals surface area contributed by atoms with E-state index in [1.165, 1.54) is 10.7 Å². The van der Waals surface area contributed by atoms with Gasteiger partial charge >= 0.3 is 6.18 Å². The zero-order valence-electron chi connectivity index (χ0n) is 14.7. The maximum absolute atomic E-state index is 13.6. The van der Waals surface area contributed by atoms with Gasteiger partial charge in [0.25, 0.3) is 5.91 Å². The SMILES string of the molecule is O=C1c2cc(COc3ccccc3)nn2CCN1C(C1CCC1)C(F)(F)F. The van der Waals surface area contributed by atoms with Gasteiger partial charge in [0.2, 0.25) is 0 Å². The summed E-state index contributed by atoms with van der Waals surface area (Å²) in [4.78, 5) is 13.7. The van der Waals surface area contributed by atoms with Gasteiger partial charge in [-0.15, -0.1) is 0 Å². The average Bonchev–Trinajstić information content (AvgIpc) is 3.01. The number of halogens is 3. The molecule has 0 N–H and O–H groups in total. The van der Waals surface area contributed by atoms with E-state index in [1.54, 1.807) is 12.1 Å². The van der Waals surface area contributed by atoms with Crippen LogP contribution in [0.1, 0.15) is 35.4 Å². The molecule has 5 nitrogen and oxygen atoms in total. The number of benzene rings is 1. The van der Waals surface area contributed by atoms with E-state index in [4.69, 9.17) is 4.74 Å². The van der Waals surface area contributed by atoms with Crippen molar-refractivity contribution < 1.29 is 22.7 Å². The van der Waals surface area contributed by atoms with Crippen LogP contribution in [0.2, 0.25) is 0 Å². The molecule has 1 fully saturated rings. The molecule has 0 saturated heterocycles. The molecule has 1 amide bonds. The Labute approximate surface area is 154 Å². The first-order valence-corrected chi connectivity index (χ1v) is 9.06. The molecular formula is C19H20F3N3O2. The van der Waals surface area contributed by atoms with Crippen molar-refractivity contribution >= 4 is 5.91 Å². The van der Waals surface area contributed by atoms with E-state index >= 15 is 0 Å². The molecule has 27 heavy (non-hydrogen) atoms. The molecule has 2 heterocycles. The first-order valence-electron chi connectivity index (χ1n) is 9.06. The summed E-state index contributed by atoms with van der Waals surface area (Å²) in [5.41, 5.74) is 0.720. The minimum atomic E-state index is -4.41. The lowest BCUT2D eigenvalue weighted by Crippen LogP contribution is -2.57. The fourth-order valence-corrected chi connectivity index (χ4v) is 3.73. The lowest BCUT2D eigenvalue weighted by molar-refractivity contribution is -0.198. The third kappa shape index (κ3) is 3.52. The Bertz CT molecular complexity index is 815. The molecule has 8 heteroatoms. The molecule has 4 rings (SSSR count). The van der Waals surface area contributed by atoms with Gasteiger partial charge in [-0.25, -0.2) is 0 Å². The second kappa shape index (κ2) is 6.90. The quantitative estimate of drug-likeness (QED) is 0.797. The Morgan fingerprint density at radius 2 is 1.93 bits per heavy atom. The number of fused-ring (bicyclic) bond motifs is 1. The third-order valence-corrected chi connectivity index (χ3v) is 5.26. The molecule has 1 saturated carbocycles. The number of ether oxygens (including phenoxy) is 1. The number of carbonyl (C=O) groups excluding carboxylic acids is 1. The first kappa shape index (κ1) is 17.9. The Balaban J connectivity index is 1.51. The number of nitrogens with zero attached hydrogens (tertiary/aromatic N) is 3. The highest BCUT2D eigenvalue weighted by Gasteiger charge is 2.52. The zero-order chi connectivity index (χ0) is 19.0. The van der Waals surface area contributed by atoms with Crippen LogP contribution in [0.3, 0.4) is 0 Å². The average molecular weight is 379 g/mol. The number of aromatic nitrogens is 2. The molecule has 2 aliphatic rings. The van der Waals surface area contributed by atoms with Crippen LogP contribution in [0, 0.1) is 5.92 Å². The van der Waals surface area contributed by atoms with E-state index in [-0.39, 0.29) is 25.4 Å². The van der Waals surface area contributed by atoms with Gasteiger partial charge in [0.15, 0.2) is 0 Å². The summed E-state index contributed by atoms with van der Waals surface area (Å²) in [6.07, 6.45) is -2.59. The van der Waals surface area contributed by atoms with E-state index in [0.717, 1.165) is 11.3 Å². The Kier molecular flexibility index (Phi) is 4.57. The lowest BCUT2D eigenvalue weighted by Gasteiger charge is -2.43. The van der Waals surface area contributed by atoms with Gasteiger partial charge < -0.3 is 9.64 Å². The van der Waals surface area contributed by atoms with Gasteiger partial charge in [-0.1, -0.05) is 24.6 Å². The smallest absolute Gasteiger partial charge is 0.409 e. The van der Waals surface area contributed by atoms with Crippen LogP contribution >= 0.6 is 0 Å². The van der Waals surface area contributed by atoms with Crippen molar-refractivity contribution in [1.29, 1.82) is 0 Å². The number of para-hydroxylation sites is 1. The van der Waals surface area contributed by atoms with Crippen molar-refractivity contribution in [2.45, 2.75) is 44.6 Å². The molecule has 1 atom stereocenters. The zero-order valence-corrected chi connectivity index (χ0v) is 14.7. The Morgan fingerprint density at radius 3 is 2.56 bits per heavy atom. The van der Waals surface area contributed by atoms with Crippen molar-refractivity contribution in [3.63, 3.8) is 0 Å². The summed E-state index contributed by atoms with van der Waals surface area (Å²) >= 11 is 0. The Morgan fingerprint density at radius 1 is 1.19 bits per heavy atom. The second-order valence-corrected chi connectivity index (χ2v) is 7.02. The monoisotopic (exact) mass is 379 g/mol. The molecule has 0 radical (unpaired) electrons. The van der Waals surface area contributed by atoms with E-state index < -0.39 is 24.0 Å². The van der Waals surface area contributed by atoms with Crippen molar-refractivity contribution in [3.05, 3.63) is 47.8 Å².